The second-order valence-corrected chi connectivity index (χ2v) is 11.7. The molecule has 3 aromatic rings. The SMILES string of the molecule is Cc1cnc2c(S(=O)(=O)N3CCN(CCS(=O)(=O)c4ccccc4)CC3)cccc2c1. The molecule has 1 fully saturated rings. The van der Waals surface area contributed by atoms with Crippen LogP contribution in [0.5, 0.6) is 0 Å². The van der Waals surface area contributed by atoms with E-state index in [4.69, 9.17) is 0 Å². The third-order valence-electron chi connectivity index (χ3n) is 5.54. The number of fused-ring (bicyclic) bond motifs is 1. The average Bonchev–Trinajstić information content (AvgIpc) is 2.78. The maximum Gasteiger partial charge on any atom is 0.245 e. The number of sulfonamides is 1. The maximum absolute atomic E-state index is 13.3. The molecule has 0 N–H and O–H groups in total. The normalized spacial score (nSPS) is 16.5. The number of nitrogens with zero attached hydrogens (tertiary/aromatic N) is 3. The van der Waals surface area contributed by atoms with Gasteiger partial charge < -0.3 is 0 Å². The van der Waals surface area contributed by atoms with Gasteiger partial charge in [-0.25, -0.2) is 16.8 Å². The van der Waals surface area contributed by atoms with E-state index in [1.807, 2.05) is 24.0 Å². The van der Waals surface area contributed by atoms with Gasteiger partial charge in [-0.1, -0.05) is 30.3 Å². The van der Waals surface area contributed by atoms with Gasteiger partial charge in [-0.05, 0) is 36.8 Å². The molecule has 164 valence electrons. The molecule has 0 bridgehead atoms. The molecule has 1 aromatic heterocycles. The zero-order chi connectivity index (χ0) is 22.1. The van der Waals surface area contributed by atoms with Crippen molar-refractivity contribution in [3.63, 3.8) is 0 Å². The van der Waals surface area contributed by atoms with Crippen LogP contribution in [0.25, 0.3) is 10.9 Å². The maximum atomic E-state index is 13.3. The number of hydrogen-bond acceptors (Lipinski definition) is 6. The minimum absolute atomic E-state index is 0.0103. The van der Waals surface area contributed by atoms with Gasteiger partial charge in [0.15, 0.2) is 9.84 Å². The molecule has 0 radical (unpaired) electrons. The highest BCUT2D eigenvalue weighted by Gasteiger charge is 2.30. The highest BCUT2D eigenvalue weighted by molar-refractivity contribution is 7.91. The van der Waals surface area contributed by atoms with Gasteiger partial charge in [0.2, 0.25) is 10.0 Å². The molecule has 1 aliphatic rings. The summed E-state index contributed by atoms with van der Waals surface area (Å²) < 4.78 is 53.0. The summed E-state index contributed by atoms with van der Waals surface area (Å²) in [5.41, 5.74) is 1.45. The smallest absolute Gasteiger partial charge is 0.245 e. The standard InChI is InChI=1S/C22H25N3O4S2/c1-18-16-19-6-5-9-21(22(19)23-17-18)31(28,29)25-12-10-24(11-13-25)14-15-30(26,27)20-7-3-2-4-8-20/h2-9,16-17H,10-15H2,1H3. The van der Waals surface area contributed by atoms with Crippen molar-refractivity contribution in [3.8, 4) is 0 Å². The lowest BCUT2D eigenvalue weighted by molar-refractivity contribution is 0.197. The molecule has 9 heteroatoms. The minimum Gasteiger partial charge on any atom is -0.300 e. The van der Waals surface area contributed by atoms with E-state index in [0.717, 1.165) is 10.9 Å². The van der Waals surface area contributed by atoms with Crippen LogP contribution >= 0.6 is 0 Å². The van der Waals surface area contributed by atoms with Crippen LogP contribution in [0, 0.1) is 6.92 Å². The number of para-hydroxylation sites is 1. The predicted octanol–water partition coefficient (Wildman–Crippen LogP) is 2.32. The van der Waals surface area contributed by atoms with Crippen molar-refractivity contribution in [2.24, 2.45) is 0 Å². The van der Waals surface area contributed by atoms with Crippen molar-refractivity contribution in [1.29, 1.82) is 0 Å². The average molecular weight is 460 g/mol. The molecular weight excluding hydrogens is 434 g/mol. The molecule has 0 spiro atoms. The molecule has 2 aromatic carbocycles. The van der Waals surface area contributed by atoms with Crippen LogP contribution in [0.1, 0.15) is 5.56 Å². The van der Waals surface area contributed by atoms with Gasteiger partial charge in [0.25, 0.3) is 0 Å². The summed E-state index contributed by atoms with van der Waals surface area (Å²) in [4.78, 5) is 6.88. The second-order valence-electron chi connectivity index (χ2n) is 7.72. The summed E-state index contributed by atoms with van der Waals surface area (Å²) >= 11 is 0. The zero-order valence-electron chi connectivity index (χ0n) is 17.3. The Labute approximate surface area is 183 Å². The van der Waals surface area contributed by atoms with E-state index >= 15 is 0 Å². The molecule has 1 aliphatic heterocycles. The van der Waals surface area contributed by atoms with Crippen molar-refractivity contribution in [3.05, 3.63) is 66.4 Å². The highest BCUT2D eigenvalue weighted by atomic mass is 32.2. The Morgan fingerprint density at radius 3 is 2.32 bits per heavy atom. The fourth-order valence-corrected chi connectivity index (χ4v) is 6.67. The van der Waals surface area contributed by atoms with Gasteiger partial charge in [-0.2, -0.15) is 4.31 Å². The number of piperazine rings is 1. The summed E-state index contributed by atoms with van der Waals surface area (Å²) in [6.07, 6.45) is 1.67. The lowest BCUT2D eigenvalue weighted by Gasteiger charge is -2.34. The Hall–Kier alpha value is -2.33. The van der Waals surface area contributed by atoms with Crippen LogP contribution < -0.4 is 0 Å². The van der Waals surface area contributed by atoms with Gasteiger partial charge in [0.1, 0.15) is 4.90 Å². The molecule has 4 rings (SSSR count). The molecule has 2 heterocycles. The third kappa shape index (κ3) is 4.64. The first kappa shape index (κ1) is 21.9. The van der Waals surface area contributed by atoms with Crippen LogP contribution in [-0.2, 0) is 19.9 Å². The van der Waals surface area contributed by atoms with E-state index in [1.54, 1.807) is 48.7 Å². The lowest BCUT2D eigenvalue weighted by atomic mass is 10.2. The number of hydrogen-bond donors (Lipinski definition) is 0. The Morgan fingerprint density at radius 2 is 1.61 bits per heavy atom. The van der Waals surface area contributed by atoms with E-state index in [1.165, 1.54) is 4.31 Å². The monoisotopic (exact) mass is 459 g/mol. The van der Waals surface area contributed by atoms with Gasteiger partial charge in [0.05, 0.1) is 16.2 Å². The topological polar surface area (TPSA) is 87.7 Å². The molecule has 1 saturated heterocycles. The van der Waals surface area contributed by atoms with Crippen molar-refractivity contribution < 1.29 is 16.8 Å². The molecule has 0 amide bonds. The third-order valence-corrected chi connectivity index (χ3v) is 9.18. The molecule has 0 aliphatic carbocycles. The van der Waals surface area contributed by atoms with Crippen LogP contribution in [0.4, 0.5) is 0 Å². The number of aryl methyl sites for hydroxylation is 1. The molecule has 31 heavy (non-hydrogen) atoms. The predicted molar refractivity (Wildman–Crippen MR) is 120 cm³/mol. The van der Waals surface area contributed by atoms with E-state index in [2.05, 4.69) is 4.98 Å². The summed E-state index contributed by atoms with van der Waals surface area (Å²) in [7, 11) is -7.04. The van der Waals surface area contributed by atoms with Crippen molar-refractivity contribution in [2.75, 3.05) is 38.5 Å². The first-order valence-corrected chi connectivity index (χ1v) is 13.2. The number of benzene rings is 2. The van der Waals surface area contributed by atoms with E-state index < -0.39 is 19.9 Å². The molecule has 0 unspecified atom stereocenters. The number of pyridine rings is 1. The van der Waals surface area contributed by atoms with Gasteiger partial charge in [-0.15, -0.1) is 0 Å². The quantitative estimate of drug-likeness (QED) is 0.562. The first-order chi connectivity index (χ1) is 14.8. The van der Waals surface area contributed by atoms with Gasteiger partial charge in [-0.3, -0.25) is 9.88 Å². The van der Waals surface area contributed by atoms with Gasteiger partial charge >= 0.3 is 0 Å². The van der Waals surface area contributed by atoms with E-state index in [9.17, 15) is 16.8 Å². The fraction of sp³-hybridized carbons (Fsp3) is 0.318. The van der Waals surface area contributed by atoms with Crippen LogP contribution in [0.15, 0.2) is 70.6 Å². The van der Waals surface area contributed by atoms with Crippen LogP contribution in [0.2, 0.25) is 0 Å². The first-order valence-electron chi connectivity index (χ1n) is 10.1. The van der Waals surface area contributed by atoms with E-state index in [-0.39, 0.29) is 10.6 Å². The Morgan fingerprint density at radius 1 is 0.903 bits per heavy atom. The van der Waals surface area contributed by atoms with Crippen LogP contribution in [-0.4, -0.2) is 69.5 Å². The minimum atomic E-state index is -3.69. The molecule has 0 atom stereocenters. The summed E-state index contributed by atoms with van der Waals surface area (Å²) in [6, 6.07) is 15.5. The van der Waals surface area contributed by atoms with E-state index in [0.29, 0.717) is 43.1 Å². The lowest BCUT2D eigenvalue weighted by Crippen LogP contribution is -2.49. The molecular formula is C22H25N3O4S2. The van der Waals surface area contributed by atoms with Crippen molar-refractivity contribution in [1.82, 2.24) is 14.2 Å². The molecule has 7 nitrogen and oxygen atoms in total. The largest absolute Gasteiger partial charge is 0.300 e. The zero-order valence-corrected chi connectivity index (χ0v) is 18.9. The summed E-state index contributed by atoms with van der Waals surface area (Å²) in [5.74, 6) is 0.0103. The van der Waals surface area contributed by atoms with Crippen LogP contribution in [0.3, 0.4) is 0 Å². The number of rotatable bonds is 6. The number of aromatic nitrogens is 1. The van der Waals surface area contributed by atoms with Crippen molar-refractivity contribution >= 4 is 30.8 Å². The summed E-state index contributed by atoms with van der Waals surface area (Å²) in [6.45, 7) is 3.90. The van der Waals surface area contributed by atoms with Gasteiger partial charge in [0, 0.05) is 44.3 Å². The summed E-state index contributed by atoms with van der Waals surface area (Å²) in [5, 5.41) is 0.797. The highest BCUT2D eigenvalue weighted by Crippen LogP contribution is 2.25. The Kier molecular flexibility index (Phi) is 6.11. The number of sulfone groups is 1. The van der Waals surface area contributed by atoms with Crippen molar-refractivity contribution in [2.45, 2.75) is 16.7 Å². The molecule has 0 saturated carbocycles. The second kappa shape index (κ2) is 8.66. The fourth-order valence-electron chi connectivity index (χ4n) is 3.78. The Balaban J connectivity index is 1.43. The Bertz CT molecular complexity index is 1280.